The van der Waals surface area contributed by atoms with Crippen LogP contribution < -0.4 is 5.32 Å². The maximum atomic E-state index is 12.4. The largest absolute Gasteiger partial charge is 0.319 e. The van der Waals surface area contributed by atoms with Crippen molar-refractivity contribution in [3.8, 4) is 0 Å². The zero-order chi connectivity index (χ0) is 15.8. The molecular formula is C15H19ClN4O. The molecule has 0 saturated carbocycles. The maximum absolute atomic E-state index is 12.4. The number of aromatic nitrogens is 3. The first kappa shape index (κ1) is 15.5. The van der Waals surface area contributed by atoms with E-state index in [2.05, 4.69) is 15.4 Å². The Labute approximate surface area is 129 Å². The third kappa shape index (κ3) is 3.61. The zero-order valence-corrected chi connectivity index (χ0v) is 13.6. The van der Waals surface area contributed by atoms with Crippen LogP contribution in [0.4, 0.5) is 5.69 Å². The molecule has 0 unspecified atom stereocenters. The van der Waals surface area contributed by atoms with Crippen molar-refractivity contribution < 1.29 is 4.79 Å². The molecule has 2 aromatic rings. The highest BCUT2D eigenvalue weighted by Gasteiger charge is 2.19. The van der Waals surface area contributed by atoms with Gasteiger partial charge >= 0.3 is 0 Å². The van der Waals surface area contributed by atoms with Gasteiger partial charge in [0, 0.05) is 29.9 Å². The fourth-order valence-electron chi connectivity index (χ4n) is 1.93. The first-order valence-electron chi connectivity index (χ1n) is 6.66. The van der Waals surface area contributed by atoms with E-state index in [4.69, 9.17) is 11.6 Å². The topological polar surface area (TPSA) is 59.8 Å². The van der Waals surface area contributed by atoms with Crippen molar-refractivity contribution in [1.82, 2.24) is 14.8 Å². The molecule has 6 heteroatoms. The van der Waals surface area contributed by atoms with Crippen molar-refractivity contribution in [2.75, 3.05) is 5.32 Å². The number of nitrogens with one attached hydrogen (secondary N) is 1. The van der Waals surface area contributed by atoms with Gasteiger partial charge in [0.05, 0.1) is 11.4 Å². The Morgan fingerprint density at radius 1 is 1.33 bits per heavy atom. The lowest BCUT2D eigenvalue weighted by atomic mass is 9.91. The molecule has 0 atom stereocenters. The molecule has 0 spiro atoms. The molecule has 0 radical (unpaired) electrons. The molecule has 5 nitrogen and oxygen atoms in total. The summed E-state index contributed by atoms with van der Waals surface area (Å²) in [7, 11) is 1.81. The van der Waals surface area contributed by atoms with E-state index in [0.717, 1.165) is 11.4 Å². The van der Waals surface area contributed by atoms with Gasteiger partial charge in [0.25, 0.3) is 5.91 Å². The number of aryl methyl sites for hydroxylation is 2. The lowest BCUT2D eigenvalue weighted by molar-refractivity contribution is 0.102. The molecule has 2 aromatic heterocycles. The Morgan fingerprint density at radius 3 is 2.52 bits per heavy atom. The Bertz CT molecular complexity index is 685. The van der Waals surface area contributed by atoms with Gasteiger partial charge in [-0.05, 0) is 19.1 Å². The van der Waals surface area contributed by atoms with Crippen molar-refractivity contribution in [1.29, 1.82) is 0 Å². The SMILES string of the molecule is Cc1nn(C)cc1NC(=O)c1cc(Cl)nc(C(C)(C)C)c1. The summed E-state index contributed by atoms with van der Waals surface area (Å²) in [4.78, 5) is 16.7. The summed E-state index contributed by atoms with van der Waals surface area (Å²) in [5.74, 6) is -0.221. The molecule has 0 aromatic carbocycles. The van der Waals surface area contributed by atoms with Gasteiger partial charge in [-0.1, -0.05) is 32.4 Å². The maximum Gasteiger partial charge on any atom is 0.255 e. The molecule has 21 heavy (non-hydrogen) atoms. The number of pyridine rings is 1. The summed E-state index contributed by atoms with van der Waals surface area (Å²) in [6.07, 6.45) is 1.76. The average Bonchev–Trinajstić information content (AvgIpc) is 2.66. The molecule has 0 fully saturated rings. The van der Waals surface area contributed by atoms with Gasteiger partial charge in [-0.2, -0.15) is 5.10 Å². The quantitative estimate of drug-likeness (QED) is 0.866. The Kier molecular flexibility index (Phi) is 4.05. The van der Waals surface area contributed by atoms with Crippen molar-refractivity contribution in [3.05, 3.63) is 40.4 Å². The van der Waals surface area contributed by atoms with Crippen LogP contribution in [0.5, 0.6) is 0 Å². The number of amides is 1. The minimum Gasteiger partial charge on any atom is -0.319 e. The predicted molar refractivity (Wildman–Crippen MR) is 83.8 cm³/mol. The molecule has 2 heterocycles. The molecule has 0 aliphatic heterocycles. The second-order valence-electron chi connectivity index (χ2n) is 6.07. The standard InChI is InChI=1S/C15H19ClN4O/c1-9-11(8-20(5)19-9)17-14(21)10-6-12(15(2,3)4)18-13(16)7-10/h6-8H,1-5H3,(H,17,21). The smallest absolute Gasteiger partial charge is 0.255 e. The zero-order valence-electron chi connectivity index (χ0n) is 12.9. The summed E-state index contributed by atoms with van der Waals surface area (Å²) in [6.45, 7) is 7.92. The number of carbonyl (C=O) groups excluding carboxylic acids is 1. The van der Waals surface area contributed by atoms with Crippen LogP contribution in [0.2, 0.25) is 5.15 Å². The van der Waals surface area contributed by atoms with Crippen LogP contribution in [0.3, 0.4) is 0 Å². The van der Waals surface area contributed by atoms with Crippen LogP contribution in [0, 0.1) is 6.92 Å². The lowest BCUT2D eigenvalue weighted by Crippen LogP contribution is -2.17. The number of nitrogens with zero attached hydrogens (tertiary/aromatic N) is 3. The van der Waals surface area contributed by atoms with Crippen molar-refractivity contribution in [2.24, 2.45) is 7.05 Å². The molecule has 1 N–H and O–H groups in total. The van der Waals surface area contributed by atoms with Gasteiger partial charge in [0.15, 0.2) is 0 Å². The molecule has 112 valence electrons. The summed E-state index contributed by atoms with van der Waals surface area (Å²) in [5, 5.41) is 7.36. The fourth-order valence-corrected chi connectivity index (χ4v) is 2.14. The van der Waals surface area contributed by atoms with Gasteiger partial charge in [-0.25, -0.2) is 4.98 Å². The summed E-state index contributed by atoms with van der Waals surface area (Å²) in [6, 6.07) is 3.34. The van der Waals surface area contributed by atoms with Crippen molar-refractivity contribution in [2.45, 2.75) is 33.1 Å². The van der Waals surface area contributed by atoms with E-state index < -0.39 is 0 Å². The van der Waals surface area contributed by atoms with Gasteiger partial charge in [-0.3, -0.25) is 9.48 Å². The van der Waals surface area contributed by atoms with Crippen LogP contribution in [-0.2, 0) is 12.5 Å². The van der Waals surface area contributed by atoms with E-state index in [9.17, 15) is 4.79 Å². The Balaban J connectivity index is 2.31. The highest BCUT2D eigenvalue weighted by molar-refractivity contribution is 6.29. The third-order valence-electron chi connectivity index (χ3n) is 3.09. The second kappa shape index (κ2) is 5.48. The van der Waals surface area contributed by atoms with E-state index in [-0.39, 0.29) is 11.3 Å². The van der Waals surface area contributed by atoms with E-state index >= 15 is 0 Å². The monoisotopic (exact) mass is 306 g/mol. The molecule has 0 aliphatic rings. The first-order valence-corrected chi connectivity index (χ1v) is 7.04. The number of rotatable bonds is 2. The summed E-state index contributed by atoms with van der Waals surface area (Å²) in [5.41, 5.74) is 2.55. The number of anilines is 1. The molecule has 0 bridgehead atoms. The van der Waals surface area contributed by atoms with Crippen LogP contribution in [-0.4, -0.2) is 20.7 Å². The first-order chi connectivity index (χ1) is 9.66. The van der Waals surface area contributed by atoms with Crippen molar-refractivity contribution in [3.63, 3.8) is 0 Å². The van der Waals surface area contributed by atoms with Crippen LogP contribution in [0.25, 0.3) is 0 Å². The Hall–Kier alpha value is -1.88. The van der Waals surface area contributed by atoms with Gasteiger partial charge in [0.1, 0.15) is 5.15 Å². The number of hydrogen-bond donors (Lipinski definition) is 1. The van der Waals surface area contributed by atoms with Crippen LogP contribution >= 0.6 is 11.6 Å². The number of halogens is 1. The fraction of sp³-hybridized carbons (Fsp3) is 0.400. The molecule has 1 amide bonds. The average molecular weight is 307 g/mol. The van der Waals surface area contributed by atoms with Crippen LogP contribution in [0.15, 0.2) is 18.3 Å². The normalized spacial score (nSPS) is 11.5. The number of carbonyl (C=O) groups is 1. The molecule has 2 rings (SSSR count). The minimum absolute atomic E-state index is 0.176. The van der Waals surface area contributed by atoms with E-state index in [1.807, 2.05) is 34.7 Å². The third-order valence-corrected chi connectivity index (χ3v) is 3.28. The predicted octanol–water partition coefficient (Wildman–Crippen LogP) is 3.33. The minimum atomic E-state index is -0.221. The van der Waals surface area contributed by atoms with Crippen molar-refractivity contribution >= 4 is 23.2 Å². The van der Waals surface area contributed by atoms with E-state index in [1.54, 1.807) is 23.0 Å². The van der Waals surface area contributed by atoms with E-state index in [0.29, 0.717) is 16.4 Å². The van der Waals surface area contributed by atoms with Gasteiger partial charge in [0.2, 0.25) is 0 Å². The van der Waals surface area contributed by atoms with Crippen LogP contribution in [0.1, 0.15) is 42.5 Å². The summed E-state index contributed by atoms with van der Waals surface area (Å²) >= 11 is 6.03. The molecule has 0 aliphatic carbocycles. The Morgan fingerprint density at radius 2 is 2.00 bits per heavy atom. The highest BCUT2D eigenvalue weighted by Crippen LogP contribution is 2.24. The van der Waals surface area contributed by atoms with E-state index in [1.165, 1.54) is 0 Å². The number of hydrogen-bond acceptors (Lipinski definition) is 3. The second-order valence-corrected chi connectivity index (χ2v) is 6.46. The summed E-state index contributed by atoms with van der Waals surface area (Å²) < 4.78 is 1.66. The lowest BCUT2D eigenvalue weighted by Gasteiger charge is -2.18. The van der Waals surface area contributed by atoms with Gasteiger partial charge < -0.3 is 5.32 Å². The highest BCUT2D eigenvalue weighted by atomic mass is 35.5. The molecule has 0 saturated heterocycles. The molecular weight excluding hydrogens is 288 g/mol. The van der Waals surface area contributed by atoms with Gasteiger partial charge in [-0.15, -0.1) is 0 Å².